The third-order valence-corrected chi connectivity index (χ3v) is 2.50. The van der Waals surface area contributed by atoms with E-state index in [9.17, 15) is 19.2 Å². The minimum Gasteiger partial charge on any atom is -0.347 e. The summed E-state index contributed by atoms with van der Waals surface area (Å²) in [5.41, 5.74) is 0. The normalized spacial score (nSPS) is 10.3. The first-order valence-corrected chi connectivity index (χ1v) is 6.57. The van der Waals surface area contributed by atoms with E-state index in [0.717, 1.165) is 0 Å². The van der Waals surface area contributed by atoms with E-state index in [1.807, 2.05) is 0 Å². The van der Waals surface area contributed by atoms with Gasteiger partial charge in [-0.1, -0.05) is 27.7 Å². The molecular formula is C13H23N3O4. The molecule has 3 N–H and O–H groups in total. The third-order valence-electron chi connectivity index (χ3n) is 2.50. The largest absolute Gasteiger partial charge is 0.347 e. The Hall–Kier alpha value is -1.92. The molecule has 0 saturated heterocycles. The predicted octanol–water partition coefficient (Wildman–Crippen LogP) is -0.784. The molecule has 0 unspecified atom stereocenters. The van der Waals surface area contributed by atoms with Gasteiger partial charge < -0.3 is 16.0 Å². The number of rotatable bonds is 8. The Bertz CT molecular complexity index is 342. The number of nitrogens with one attached hydrogen (secondary N) is 3. The van der Waals surface area contributed by atoms with Crippen LogP contribution in [0.2, 0.25) is 0 Å². The van der Waals surface area contributed by atoms with Gasteiger partial charge in [0, 0.05) is 11.8 Å². The van der Waals surface area contributed by atoms with E-state index >= 15 is 0 Å². The molecule has 0 fully saturated rings. The summed E-state index contributed by atoms with van der Waals surface area (Å²) < 4.78 is 0. The van der Waals surface area contributed by atoms with Crippen LogP contribution in [0.25, 0.3) is 0 Å². The van der Waals surface area contributed by atoms with E-state index in [0.29, 0.717) is 0 Å². The van der Waals surface area contributed by atoms with Crippen LogP contribution in [0.15, 0.2) is 0 Å². The molecule has 0 aromatic carbocycles. The minimum atomic E-state index is -0.454. The van der Waals surface area contributed by atoms with Crippen LogP contribution in [-0.2, 0) is 19.2 Å². The molecule has 0 rings (SSSR count). The highest BCUT2D eigenvalue weighted by atomic mass is 16.2. The highest BCUT2D eigenvalue weighted by Gasteiger charge is 2.11. The quantitative estimate of drug-likeness (QED) is 0.544. The van der Waals surface area contributed by atoms with E-state index < -0.39 is 11.8 Å². The van der Waals surface area contributed by atoms with Crippen molar-refractivity contribution >= 4 is 23.5 Å². The van der Waals surface area contributed by atoms with Crippen molar-refractivity contribution in [1.29, 1.82) is 0 Å². The van der Waals surface area contributed by atoms with Crippen molar-refractivity contribution < 1.29 is 19.2 Å². The third kappa shape index (κ3) is 8.23. The van der Waals surface area contributed by atoms with Crippen molar-refractivity contribution in [3.63, 3.8) is 0 Å². The summed E-state index contributed by atoms with van der Waals surface area (Å²) in [5, 5.41) is 7.20. The number of Topliss-reactive ketones (excluding diaryl/α,β-unsaturated/α-hetero) is 1. The zero-order chi connectivity index (χ0) is 15.7. The Morgan fingerprint density at radius 1 is 0.700 bits per heavy atom. The van der Waals surface area contributed by atoms with Crippen LogP contribution in [0.3, 0.4) is 0 Å². The van der Waals surface area contributed by atoms with Crippen LogP contribution in [0, 0.1) is 11.8 Å². The molecule has 20 heavy (non-hydrogen) atoms. The zero-order valence-corrected chi connectivity index (χ0v) is 12.4. The Kier molecular flexibility index (Phi) is 8.19. The van der Waals surface area contributed by atoms with E-state index in [1.54, 1.807) is 27.7 Å². The molecule has 0 bridgehead atoms. The monoisotopic (exact) mass is 285 g/mol. The van der Waals surface area contributed by atoms with Gasteiger partial charge in [-0.3, -0.25) is 19.2 Å². The molecule has 0 aliphatic heterocycles. The van der Waals surface area contributed by atoms with Crippen LogP contribution in [-0.4, -0.2) is 43.1 Å². The molecule has 0 aliphatic rings. The second-order valence-electron chi connectivity index (χ2n) is 5.05. The number of hydrogen-bond acceptors (Lipinski definition) is 4. The van der Waals surface area contributed by atoms with Gasteiger partial charge in [-0.05, 0) is 0 Å². The van der Waals surface area contributed by atoms with Gasteiger partial charge >= 0.3 is 0 Å². The lowest BCUT2D eigenvalue weighted by Crippen LogP contribution is -2.43. The molecule has 7 heteroatoms. The van der Waals surface area contributed by atoms with Crippen molar-refractivity contribution in [2.45, 2.75) is 27.7 Å². The lowest BCUT2D eigenvalue weighted by molar-refractivity contribution is -0.129. The van der Waals surface area contributed by atoms with Crippen LogP contribution in [0.1, 0.15) is 27.7 Å². The number of hydrogen-bond donors (Lipinski definition) is 3. The van der Waals surface area contributed by atoms with Crippen molar-refractivity contribution in [3.8, 4) is 0 Å². The van der Waals surface area contributed by atoms with Crippen molar-refractivity contribution in [3.05, 3.63) is 0 Å². The topological polar surface area (TPSA) is 104 Å². The fraction of sp³-hybridized carbons (Fsp3) is 0.692. The first-order valence-electron chi connectivity index (χ1n) is 6.57. The van der Waals surface area contributed by atoms with Crippen molar-refractivity contribution in [1.82, 2.24) is 16.0 Å². The molecule has 0 aromatic rings. The molecule has 7 nitrogen and oxygen atoms in total. The fourth-order valence-corrected chi connectivity index (χ4v) is 1.07. The molecule has 0 heterocycles. The Morgan fingerprint density at radius 3 is 1.60 bits per heavy atom. The van der Waals surface area contributed by atoms with Crippen molar-refractivity contribution in [2.24, 2.45) is 11.8 Å². The number of carbonyl (C=O) groups excluding carboxylic acids is 4. The summed E-state index contributed by atoms with van der Waals surface area (Å²) >= 11 is 0. The maximum Gasteiger partial charge on any atom is 0.239 e. The van der Waals surface area contributed by atoms with Crippen molar-refractivity contribution in [2.75, 3.05) is 19.6 Å². The Balaban J connectivity index is 3.81. The molecule has 0 aliphatic carbocycles. The summed E-state index contributed by atoms with van der Waals surface area (Å²) in [4.78, 5) is 45.2. The van der Waals surface area contributed by atoms with Gasteiger partial charge in [0.2, 0.25) is 17.7 Å². The van der Waals surface area contributed by atoms with Gasteiger partial charge in [0.25, 0.3) is 0 Å². The zero-order valence-electron chi connectivity index (χ0n) is 12.4. The Morgan fingerprint density at radius 2 is 1.15 bits per heavy atom. The molecule has 3 amide bonds. The van der Waals surface area contributed by atoms with Gasteiger partial charge in [0.05, 0.1) is 19.6 Å². The van der Waals surface area contributed by atoms with E-state index in [1.165, 1.54) is 0 Å². The molecule has 0 saturated carbocycles. The van der Waals surface area contributed by atoms with Crippen LogP contribution in [0.5, 0.6) is 0 Å². The van der Waals surface area contributed by atoms with E-state index in [4.69, 9.17) is 0 Å². The second-order valence-corrected chi connectivity index (χ2v) is 5.05. The van der Waals surface area contributed by atoms with Gasteiger partial charge in [0.15, 0.2) is 5.78 Å². The second kappa shape index (κ2) is 9.06. The average molecular weight is 285 g/mol. The molecule has 0 radical (unpaired) electrons. The van der Waals surface area contributed by atoms with Crippen LogP contribution in [0.4, 0.5) is 0 Å². The average Bonchev–Trinajstić information content (AvgIpc) is 2.39. The van der Waals surface area contributed by atoms with Gasteiger partial charge in [-0.25, -0.2) is 0 Å². The van der Waals surface area contributed by atoms with Crippen LogP contribution < -0.4 is 16.0 Å². The lowest BCUT2D eigenvalue weighted by atomic mass is 10.1. The number of amides is 3. The summed E-state index contributed by atoms with van der Waals surface area (Å²) in [5.74, 6) is -1.54. The SMILES string of the molecule is CC(C)C(=O)CNC(=O)CNC(=O)CNC(=O)C(C)C. The predicted molar refractivity (Wildman–Crippen MR) is 73.7 cm³/mol. The minimum absolute atomic E-state index is 0.0452. The summed E-state index contributed by atoms with van der Waals surface area (Å²) in [7, 11) is 0. The standard InChI is InChI=1S/C13H23N3O4/c1-8(2)10(17)5-14-11(18)6-15-12(19)7-16-13(20)9(3)4/h8-9H,5-7H2,1-4H3,(H,14,18)(H,15,19)(H,16,20). The summed E-state index contributed by atoms with van der Waals surface area (Å²) in [6.07, 6.45) is 0. The molecule has 0 aromatic heterocycles. The number of carbonyl (C=O) groups is 4. The lowest BCUT2D eigenvalue weighted by Gasteiger charge is -2.09. The van der Waals surface area contributed by atoms with Gasteiger partial charge in [-0.2, -0.15) is 0 Å². The molecule has 0 atom stereocenters. The fourth-order valence-electron chi connectivity index (χ4n) is 1.07. The summed E-state index contributed by atoms with van der Waals surface area (Å²) in [6, 6.07) is 0. The van der Waals surface area contributed by atoms with E-state index in [2.05, 4.69) is 16.0 Å². The first-order chi connectivity index (χ1) is 9.23. The Labute approximate surface area is 118 Å². The smallest absolute Gasteiger partial charge is 0.239 e. The highest BCUT2D eigenvalue weighted by Crippen LogP contribution is 1.91. The number of ketones is 1. The highest BCUT2D eigenvalue weighted by molar-refractivity contribution is 5.90. The molecule has 114 valence electrons. The molecule has 0 spiro atoms. The summed E-state index contributed by atoms with van der Waals surface area (Å²) in [6.45, 7) is 6.48. The maximum absolute atomic E-state index is 11.4. The van der Waals surface area contributed by atoms with E-state index in [-0.39, 0.29) is 43.2 Å². The van der Waals surface area contributed by atoms with Crippen LogP contribution >= 0.6 is 0 Å². The maximum atomic E-state index is 11.4. The van der Waals surface area contributed by atoms with Gasteiger partial charge in [-0.15, -0.1) is 0 Å². The molecular weight excluding hydrogens is 262 g/mol. The van der Waals surface area contributed by atoms with Gasteiger partial charge in [0.1, 0.15) is 0 Å². The first kappa shape index (κ1) is 18.1.